The Morgan fingerprint density at radius 3 is 1.87 bits per heavy atom. The highest BCUT2D eigenvalue weighted by Crippen LogP contribution is 2.51. The van der Waals surface area contributed by atoms with Gasteiger partial charge in [0.15, 0.2) is 8.38 Å². The van der Waals surface area contributed by atoms with Crippen molar-refractivity contribution < 1.29 is 19.2 Å². The van der Waals surface area contributed by atoms with Crippen LogP contribution in [0.5, 0.6) is 5.75 Å². The molecule has 6 heteroatoms. The normalized spacial score (nSPS) is 13.3. The lowest BCUT2D eigenvalue weighted by Gasteiger charge is -2.30. The van der Waals surface area contributed by atoms with Crippen LogP contribution in [0, 0.1) is 0 Å². The number of para-hydroxylation sites is 1. The van der Waals surface area contributed by atoms with Crippen molar-refractivity contribution >= 4 is 27.4 Å². The molecule has 0 saturated carbocycles. The molecule has 0 saturated heterocycles. The van der Waals surface area contributed by atoms with E-state index in [1.54, 1.807) is 6.07 Å². The summed E-state index contributed by atoms with van der Waals surface area (Å²) in [6.45, 7) is 8.40. The predicted molar refractivity (Wildman–Crippen MR) is 126 cm³/mol. The second-order valence-corrected chi connectivity index (χ2v) is 10.4. The molecule has 1 atom stereocenters. The third-order valence-electron chi connectivity index (χ3n) is 5.55. The fourth-order valence-electron chi connectivity index (χ4n) is 4.03. The highest BCUT2D eigenvalue weighted by molar-refractivity contribution is 7.62. The SMILES string of the molecule is CC(C)c1cccc(C(C)C)c1OP(O)c1c(P(O)O)ccc2c1-c1ccccc1-2. The van der Waals surface area contributed by atoms with E-state index in [-0.39, 0.29) is 11.8 Å². The Kier molecular flexibility index (Phi) is 5.99. The molecule has 0 aromatic heterocycles. The van der Waals surface area contributed by atoms with Gasteiger partial charge in [-0.05, 0) is 45.7 Å². The van der Waals surface area contributed by atoms with Crippen molar-refractivity contribution in [3.05, 3.63) is 65.7 Å². The maximum absolute atomic E-state index is 11.3. The Hall–Kier alpha value is -1.80. The zero-order chi connectivity index (χ0) is 21.6. The zero-order valence-electron chi connectivity index (χ0n) is 17.5. The van der Waals surface area contributed by atoms with E-state index in [2.05, 4.69) is 27.7 Å². The molecular formula is C24H26O4P2. The van der Waals surface area contributed by atoms with E-state index in [9.17, 15) is 14.7 Å². The molecule has 0 fully saturated rings. The molecule has 156 valence electrons. The van der Waals surface area contributed by atoms with Crippen molar-refractivity contribution in [2.24, 2.45) is 0 Å². The average Bonchev–Trinajstić information content (AvgIpc) is 2.70. The Morgan fingerprint density at radius 1 is 0.700 bits per heavy atom. The summed E-state index contributed by atoms with van der Waals surface area (Å²) in [5.41, 5.74) is 6.05. The smallest absolute Gasteiger partial charge is 0.263 e. The van der Waals surface area contributed by atoms with Crippen LogP contribution < -0.4 is 15.1 Å². The minimum Gasteiger partial charge on any atom is -0.443 e. The molecule has 1 aliphatic carbocycles. The fourth-order valence-corrected chi connectivity index (χ4v) is 6.24. The Bertz CT molecular complexity index is 1070. The molecule has 4 nitrogen and oxygen atoms in total. The molecule has 0 amide bonds. The van der Waals surface area contributed by atoms with Crippen molar-refractivity contribution in [1.29, 1.82) is 0 Å². The van der Waals surface area contributed by atoms with Gasteiger partial charge in [0.05, 0.1) is 5.30 Å². The first-order valence-corrected chi connectivity index (χ1v) is 12.5. The molecule has 0 bridgehead atoms. The molecule has 0 spiro atoms. The number of rotatable bonds is 6. The van der Waals surface area contributed by atoms with Crippen molar-refractivity contribution in [3.8, 4) is 28.0 Å². The van der Waals surface area contributed by atoms with Crippen molar-refractivity contribution in [2.45, 2.75) is 39.5 Å². The van der Waals surface area contributed by atoms with Crippen LogP contribution in [0.4, 0.5) is 0 Å². The van der Waals surface area contributed by atoms with E-state index in [0.29, 0.717) is 16.4 Å². The molecule has 3 aromatic rings. The molecule has 0 radical (unpaired) electrons. The van der Waals surface area contributed by atoms with Crippen LogP contribution in [-0.4, -0.2) is 14.7 Å². The number of hydrogen-bond donors (Lipinski definition) is 3. The first kappa shape index (κ1) is 21.4. The van der Waals surface area contributed by atoms with E-state index >= 15 is 0 Å². The van der Waals surface area contributed by atoms with Gasteiger partial charge in [-0.25, -0.2) is 0 Å². The van der Waals surface area contributed by atoms with Gasteiger partial charge in [0.25, 0.3) is 8.38 Å². The van der Waals surface area contributed by atoms with E-state index < -0.39 is 16.8 Å². The maximum Gasteiger partial charge on any atom is 0.263 e. The maximum atomic E-state index is 11.3. The third kappa shape index (κ3) is 3.58. The minimum absolute atomic E-state index is 0.230. The van der Waals surface area contributed by atoms with Crippen molar-refractivity contribution in [2.75, 3.05) is 0 Å². The molecule has 3 N–H and O–H groups in total. The molecular weight excluding hydrogens is 414 g/mol. The van der Waals surface area contributed by atoms with Crippen LogP contribution in [0.15, 0.2) is 54.6 Å². The summed E-state index contributed by atoms with van der Waals surface area (Å²) < 4.78 is 6.27. The topological polar surface area (TPSA) is 69.9 Å². The van der Waals surface area contributed by atoms with Crippen molar-refractivity contribution in [1.82, 2.24) is 0 Å². The van der Waals surface area contributed by atoms with Gasteiger partial charge in [0.1, 0.15) is 5.75 Å². The summed E-state index contributed by atoms with van der Waals surface area (Å²) in [7, 11) is -4.47. The molecule has 0 heterocycles. The summed E-state index contributed by atoms with van der Waals surface area (Å²) in [4.78, 5) is 31.4. The lowest BCUT2D eigenvalue weighted by atomic mass is 9.81. The van der Waals surface area contributed by atoms with Gasteiger partial charge in [-0.2, -0.15) is 0 Å². The van der Waals surface area contributed by atoms with Crippen LogP contribution >= 0.6 is 16.8 Å². The second-order valence-electron chi connectivity index (χ2n) is 8.13. The summed E-state index contributed by atoms with van der Waals surface area (Å²) in [6.07, 6.45) is 0. The van der Waals surface area contributed by atoms with Gasteiger partial charge in [0.2, 0.25) is 0 Å². The third-order valence-corrected chi connectivity index (χ3v) is 7.73. The predicted octanol–water partition coefficient (Wildman–Crippen LogP) is 5.51. The summed E-state index contributed by atoms with van der Waals surface area (Å²) in [5, 5.41) is 0.852. The van der Waals surface area contributed by atoms with Gasteiger partial charge in [-0.15, -0.1) is 0 Å². The standard InChI is InChI=1S/C24H26O4P2/c1-14(2)16-10-7-11-17(15(3)4)23(16)28-30(27)24-21(29(25)26)13-12-20-18-8-5-6-9-19(18)22(20)24/h5-15,25-27H,1-4H3. The Labute approximate surface area is 180 Å². The van der Waals surface area contributed by atoms with Crippen LogP contribution in [0.2, 0.25) is 0 Å². The molecule has 1 aliphatic rings. The van der Waals surface area contributed by atoms with E-state index in [4.69, 9.17) is 4.52 Å². The quantitative estimate of drug-likeness (QED) is 0.346. The lowest BCUT2D eigenvalue weighted by molar-refractivity contribution is 0.485. The average molecular weight is 440 g/mol. The molecule has 30 heavy (non-hydrogen) atoms. The minimum atomic E-state index is -2.37. The van der Waals surface area contributed by atoms with Crippen LogP contribution in [0.3, 0.4) is 0 Å². The summed E-state index contributed by atoms with van der Waals surface area (Å²) >= 11 is 0. The second kappa shape index (κ2) is 8.38. The summed E-state index contributed by atoms with van der Waals surface area (Å²) in [5.74, 6) is 1.16. The molecule has 3 aromatic carbocycles. The first-order chi connectivity index (χ1) is 14.3. The van der Waals surface area contributed by atoms with E-state index in [1.165, 1.54) is 0 Å². The van der Waals surface area contributed by atoms with E-state index in [0.717, 1.165) is 33.4 Å². The molecule has 4 rings (SSSR count). The molecule has 1 unspecified atom stereocenters. The highest BCUT2D eigenvalue weighted by atomic mass is 31.2. The van der Waals surface area contributed by atoms with Gasteiger partial charge < -0.3 is 19.2 Å². The number of hydrogen-bond acceptors (Lipinski definition) is 4. The van der Waals surface area contributed by atoms with Gasteiger partial charge in [-0.3, -0.25) is 0 Å². The van der Waals surface area contributed by atoms with Crippen LogP contribution in [0.25, 0.3) is 22.3 Å². The van der Waals surface area contributed by atoms with E-state index in [1.807, 2.05) is 48.5 Å². The van der Waals surface area contributed by atoms with Crippen LogP contribution in [-0.2, 0) is 0 Å². The molecule has 0 aliphatic heterocycles. The van der Waals surface area contributed by atoms with Gasteiger partial charge in [-0.1, -0.05) is 76.2 Å². The van der Waals surface area contributed by atoms with Gasteiger partial charge in [0, 0.05) is 10.9 Å². The van der Waals surface area contributed by atoms with Crippen molar-refractivity contribution in [3.63, 3.8) is 0 Å². The fraction of sp³-hybridized carbons (Fsp3) is 0.250. The lowest BCUT2D eigenvalue weighted by Crippen LogP contribution is -2.28. The number of fused-ring (bicyclic) bond motifs is 4. The highest BCUT2D eigenvalue weighted by Gasteiger charge is 2.34. The van der Waals surface area contributed by atoms with Gasteiger partial charge >= 0.3 is 0 Å². The Balaban J connectivity index is 1.83. The van der Waals surface area contributed by atoms with Crippen LogP contribution in [0.1, 0.15) is 50.7 Å². The monoisotopic (exact) mass is 440 g/mol. The summed E-state index contributed by atoms with van der Waals surface area (Å²) in [6, 6.07) is 17.6. The zero-order valence-corrected chi connectivity index (χ0v) is 19.3. The number of benzene rings is 3. The first-order valence-electron chi connectivity index (χ1n) is 10.1. The largest absolute Gasteiger partial charge is 0.443 e. The Morgan fingerprint density at radius 2 is 1.30 bits per heavy atom.